The predicted octanol–water partition coefficient (Wildman–Crippen LogP) is 3.39. The molecule has 5 atom stereocenters. The monoisotopic (exact) mass is 704 g/mol. The van der Waals surface area contributed by atoms with Gasteiger partial charge in [0, 0.05) is 29.9 Å². The molecule has 5 rings (SSSR count). The Balaban J connectivity index is 1.48. The Kier molecular flexibility index (Phi) is 10.8. The number of esters is 1. The number of carbonyl (C=O) groups is 5. The van der Waals surface area contributed by atoms with Crippen LogP contribution in [0.15, 0.2) is 36.9 Å². The van der Waals surface area contributed by atoms with Gasteiger partial charge in [-0.05, 0) is 49.7 Å². The van der Waals surface area contributed by atoms with Gasteiger partial charge in [0.2, 0.25) is 11.8 Å². The van der Waals surface area contributed by atoms with E-state index in [0.29, 0.717) is 22.9 Å². The summed E-state index contributed by atoms with van der Waals surface area (Å²) < 4.78 is 22.4. The highest BCUT2D eigenvalue weighted by Gasteiger charge is 2.62. The van der Waals surface area contributed by atoms with E-state index in [1.165, 1.54) is 25.2 Å². The van der Waals surface area contributed by atoms with Gasteiger partial charge >= 0.3 is 18.3 Å². The van der Waals surface area contributed by atoms with Crippen LogP contribution in [-0.4, -0.2) is 101 Å². The Labute approximate surface area is 295 Å². The van der Waals surface area contributed by atoms with E-state index in [4.69, 9.17) is 24.5 Å². The fourth-order valence-corrected chi connectivity index (χ4v) is 6.81. The Bertz CT molecular complexity index is 1780. The zero-order valence-corrected chi connectivity index (χ0v) is 29.5. The maximum absolute atomic E-state index is 14.5. The lowest BCUT2D eigenvalue weighted by Gasteiger charge is -2.35. The highest BCUT2D eigenvalue weighted by molar-refractivity contribution is 6.33. The van der Waals surface area contributed by atoms with Crippen LogP contribution in [0.2, 0.25) is 0 Å². The topological polar surface area (TPSA) is 199 Å². The quantitative estimate of drug-likeness (QED) is 0.0825. The van der Waals surface area contributed by atoms with Crippen LogP contribution in [-0.2, 0) is 23.9 Å². The van der Waals surface area contributed by atoms with Crippen molar-refractivity contribution in [3.8, 4) is 11.5 Å². The summed E-state index contributed by atoms with van der Waals surface area (Å²) in [7, 11) is 2.72. The summed E-state index contributed by atoms with van der Waals surface area (Å²) >= 11 is 0. The lowest BCUT2D eigenvalue weighted by molar-refractivity contribution is -0.148. The smallest absolute Gasteiger partial charge is 0.408 e. The number of hydrogen-bond acceptors (Lipinski definition) is 10. The Morgan fingerprint density at radius 3 is 2.45 bits per heavy atom. The van der Waals surface area contributed by atoms with E-state index >= 15 is 0 Å². The van der Waals surface area contributed by atoms with E-state index in [9.17, 15) is 24.0 Å². The number of methoxy groups -OCH3 is 2. The molecule has 0 radical (unpaired) electrons. The molecule has 1 aromatic carbocycles. The summed E-state index contributed by atoms with van der Waals surface area (Å²) in [6.45, 7) is 9.06. The molecule has 15 heteroatoms. The highest BCUT2D eigenvalue weighted by atomic mass is 16.6. The second-order valence-corrected chi connectivity index (χ2v) is 14.2. The SMILES string of the molecule is C=C[C@@H]1C[C@]1(NC(=O)[C@@H]1C[C@@H](Oc2cc(C(=O)C=[N+]=[N-])nc3cc(OC)ccc23)CN1C(=O)[C@@H](NC(=O)OC1CCCC1)C(C)(C)C)C(=O)OC. The van der Waals surface area contributed by atoms with Crippen molar-refractivity contribution in [2.24, 2.45) is 11.3 Å². The number of hydrogen-bond donors (Lipinski definition) is 2. The molecule has 272 valence electrons. The number of aromatic nitrogens is 1. The molecule has 1 aromatic heterocycles. The molecule has 0 bridgehead atoms. The molecule has 3 amide bonds. The van der Waals surface area contributed by atoms with Crippen LogP contribution in [0, 0.1) is 11.3 Å². The molecule has 2 N–H and O–H groups in total. The standard InChI is InChI=1S/C36H44N6O9/c1-7-20-17-36(20,33(46)49-6)41-31(44)27-15-23(19-42(27)32(45)30(35(2,3)4)40-34(47)51-21-10-8-9-11-21)50-29-16-26(28(43)18-38-37)39-25-14-22(48-5)12-13-24(25)29/h7,12-14,16,18,20-21,23,27,30H,1,8-11,15,17,19H2,2-6H3,(H,40,47)(H,41,44)/t20-,23-,27+,30-,36-/m1/s1. The molecule has 3 aliphatic rings. The number of amides is 3. The number of nitrogens with one attached hydrogen (secondary N) is 2. The van der Waals surface area contributed by atoms with Gasteiger partial charge in [0.15, 0.2) is 0 Å². The van der Waals surface area contributed by atoms with Crippen molar-refractivity contribution in [3.63, 3.8) is 0 Å². The number of fused-ring (bicyclic) bond motifs is 1. The number of nitrogens with zero attached hydrogens (tertiary/aromatic N) is 4. The Morgan fingerprint density at radius 2 is 1.84 bits per heavy atom. The van der Waals surface area contributed by atoms with E-state index in [1.807, 2.05) is 0 Å². The van der Waals surface area contributed by atoms with Crippen LogP contribution >= 0.6 is 0 Å². The molecule has 2 heterocycles. The highest BCUT2D eigenvalue weighted by Crippen LogP contribution is 2.45. The summed E-state index contributed by atoms with van der Waals surface area (Å²) in [6, 6.07) is 4.18. The number of ketones is 1. The number of ether oxygens (including phenoxy) is 4. The Morgan fingerprint density at radius 1 is 1.12 bits per heavy atom. The number of likely N-dealkylation sites (tertiary alicyclic amines) is 1. The molecule has 2 saturated carbocycles. The van der Waals surface area contributed by atoms with Crippen molar-refractivity contribution in [1.82, 2.24) is 20.5 Å². The molecule has 15 nitrogen and oxygen atoms in total. The van der Waals surface area contributed by atoms with Gasteiger partial charge in [0.1, 0.15) is 47.0 Å². The normalized spacial score (nSPS) is 23.4. The van der Waals surface area contributed by atoms with Gasteiger partial charge in [0.25, 0.3) is 5.78 Å². The van der Waals surface area contributed by atoms with Gasteiger partial charge in [-0.25, -0.2) is 14.6 Å². The average Bonchev–Trinajstić information content (AvgIpc) is 3.36. The number of alkyl carbamates (subject to hydrolysis) is 1. The summed E-state index contributed by atoms with van der Waals surface area (Å²) in [6.07, 6.45) is 4.23. The second kappa shape index (κ2) is 14.9. The van der Waals surface area contributed by atoms with Crippen LogP contribution in [0.25, 0.3) is 16.4 Å². The fraction of sp³-hybridized carbons (Fsp3) is 0.528. The molecular weight excluding hydrogens is 660 g/mol. The zero-order valence-electron chi connectivity index (χ0n) is 29.5. The van der Waals surface area contributed by atoms with E-state index < -0.39 is 58.8 Å². The van der Waals surface area contributed by atoms with E-state index in [0.717, 1.165) is 25.7 Å². The van der Waals surface area contributed by atoms with Crippen LogP contribution in [0.1, 0.15) is 69.8 Å². The molecule has 0 unspecified atom stereocenters. The largest absolute Gasteiger partial charge is 0.497 e. The third kappa shape index (κ3) is 7.88. The molecule has 3 fully saturated rings. The van der Waals surface area contributed by atoms with Crippen molar-refractivity contribution in [3.05, 3.63) is 48.1 Å². The lowest BCUT2D eigenvalue weighted by atomic mass is 9.85. The minimum Gasteiger partial charge on any atom is -0.497 e. The predicted molar refractivity (Wildman–Crippen MR) is 183 cm³/mol. The van der Waals surface area contributed by atoms with Crippen LogP contribution in [0.4, 0.5) is 4.79 Å². The van der Waals surface area contributed by atoms with Gasteiger partial charge in [-0.15, -0.1) is 6.58 Å². The van der Waals surface area contributed by atoms with E-state index in [2.05, 4.69) is 27.0 Å². The first-order valence-electron chi connectivity index (χ1n) is 16.9. The van der Waals surface area contributed by atoms with Gasteiger partial charge in [-0.1, -0.05) is 26.8 Å². The van der Waals surface area contributed by atoms with E-state index in [-0.39, 0.29) is 42.9 Å². The van der Waals surface area contributed by atoms with Gasteiger partial charge < -0.3 is 40.0 Å². The number of rotatable bonds is 12. The maximum Gasteiger partial charge on any atom is 0.408 e. The minimum absolute atomic E-state index is 0.00167. The van der Waals surface area contributed by atoms with Crippen molar-refractivity contribution < 1.29 is 47.7 Å². The summed E-state index contributed by atoms with van der Waals surface area (Å²) in [5.41, 5.74) is 7.13. The first-order valence-corrected chi connectivity index (χ1v) is 16.9. The average molecular weight is 705 g/mol. The molecule has 2 aromatic rings. The van der Waals surface area contributed by atoms with Gasteiger partial charge in [-0.3, -0.25) is 14.4 Å². The summed E-state index contributed by atoms with van der Waals surface area (Å²) in [5.74, 6) is -2.13. The number of Topliss-reactive ketones (excluding diaryl/α,β-unsaturated/α-hetero) is 1. The molecule has 51 heavy (non-hydrogen) atoms. The van der Waals surface area contributed by atoms with Crippen LogP contribution in [0.3, 0.4) is 0 Å². The zero-order chi connectivity index (χ0) is 37.1. The van der Waals surface area contributed by atoms with Gasteiger partial charge in [-0.2, -0.15) is 4.79 Å². The number of carbonyl (C=O) groups excluding carboxylic acids is 5. The molecule has 0 spiro atoms. The summed E-state index contributed by atoms with van der Waals surface area (Å²) in [5, 5.41) is 6.09. The second-order valence-electron chi connectivity index (χ2n) is 14.2. The third-order valence-electron chi connectivity index (χ3n) is 9.69. The van der Waals surface area contributed by atoms with Gasteiger partial charge in [0.05, 0.1) is 26.3 Å². The number of benzene rings is 1. The van der Waals surface area contributed by atoms with Crippen molar-refractivity contribution in [2.75, 3.05) is 20.8 Å². The first kappa shape index (κ1) is 37.0. The lowest BCUT2D eigenvalue weighted by Crippen LogP contribution is -2.59. The van der Waals surface area contributed by atoms with E-state index in [1.54, 1.807) is 45.0 Å². The minimum atomic E-state index is -1.32. The molecular formula is C36H44N6O9. The fourth-order valence-electron chi connectivity index (χ4n) is 6.81. The number of pyridine rings is 1. The molecule has 1 saturated heterocycles. The third-order valence-corrected chi connectivity index (χ3v) is 9.69. The van der Waals surface area contributed by atoms with Crippen molar-refractivity contribution in [1.29, 1.82) is 0 Å². The molecule has 2 aliphatic carbocycles. The van der Waals surface area contributed by atoms with Crippen LogP contribution in [0.5, 0.6) is 11.5 Å². The van der Waals surface area contributed by atoms with Crippen LogP contribution < -0.4 is 20.1 Å². The first-order chi connectivity index (χ1) is 24.2. The van der Waals surface area contributed by atoms with Crippen molar-refractivity contribution >= 4 is 46.8 Å². The maximum atomic E-state index is 14.5. The summed E-state index contributed by atoms with van der Waals surface area (Å²) in [4.78, 5) is 75.7. The Hall–Kier alpha value is -5.30. The van der Waals surface area contributed by atoms with Crippen molar-refractivity contribution in [2.45, 2.75) is 89.1 Å². The molecule has 1 aliphatic heterocycles.